The number of halogens is 1. The summed E-state index contributed by atoms with van der Waals surface area (Å²) in [6.07, 6.45) is -1.16. The van der Waals surface area contributed by atoms with Crippen molar-refractivity contribution in [1.29, 1.82) is 0 Å². The summed E-state index contributed by atoms with van der Waals surface area (Å²) in [5.74, 6) is -2.10. The van der Waals surface area contributed by atoms with Crippen LogP contribution in [0.3, 0.4) is 0 Å². The molecule has 2 aromatic rings. The number of carbonyl (C=O) groups is 4. The van der Waals surface area contributed by atoms with Gasteiger partial charge in [0.1, 0.15) is 18.0 Å². The largest absolute Gasteiger partial charge is 0.442 e. The van der Waals surface area contributed by atoms with Crippen molar-refractivity contribution in [3.05, 3.63) is 53.8 Å². The second kappa shape index (κ2) is 10.1. The lowest BCUT2D eigenvalue weighted by atomic mass is 9.99. The molecular formula is C22H24FN5O5. The van der Waals surface area contributed by atoms with Gasteiger partial charge in [-0.2, -0.15) is 0 Å². The maximum Gasteiger partial charge on any atom is 0.414 e. The number of anilines is 1. The first kappa shape index (κ1) is 23.7. The van der Waals surface area contributed by atoms with Gasteiger partial charge in [0.05, 0.1) is 25.3 Å². The van der Waals surface area contributed by atoms with Crippen LogP contribution in [0.15, 0.2) is 42.5 Å². The summed E-state index contributed by atoms with van der Waals surface area (Å²) < 4.78 is 20.1. The summed E-state index contributed by atoms with van der Waals surface area (Å²) >= 11 is 0. The van der Waals surface area contributed by atoms with Crippen molar-refractivity contribution in [3.63, 3.8) is 0 Å². The van der Waals surface area contributed by atoms with Crippen molar-refractivity contribution in [2.45, 2.75) is 19.1 Å². The van der Waals surface area contributed by atoms with E-state index in [1.54, 1.807) is 30.3 Å². The van der Waals surface area contributed by atoms with Gasteiger partial charge in [-0.05, 0) is 29.3 Å². The number of cyclic esters (lactones) is 1. The van der Waals surface area contributed by atoms with Gasteiger partial charge in [-0.3, -0.25) is 19.3 Å². The van der Waals surface area contributed by atoms with E-state index >= 15 is 0 Å². The van der Waals surface area contributed by atoms with Crippen molar-refractivity contribution >= 4 is 29.5 Å². The van der Waals surface area contributed by atoms with E-state index in [-0.39, 0.29) is 31.1 Å². The normalized spacial score (nSPS) is 16.2. The molecule has 2 atom stereocenters. The molecule has 1 heterocycles. The zero-order chi connectivity index (χ0) is 24.1. The summed E-state index contributed by atoms with van der Waals surface area (Å²) in [5.41, 5.74) is 12.2. The van der Waals surface area contributed by atoms with Crippen molar-refractivity contribution in [1.82, 2.24) is 10.6 Å². The number of nitrogens with zero attached hydrogens (tertiary/aromatic N) is 1. The first-order chi connectivity index (χ1) is 15.7. The summed E-state index contributed by atoms with van der Waals surface area (Å²) in [7, 11) is 0. The third-order valence-electron chi connectivity index (χ3n) is 5.05. The van der Waals surface area contributed by atoms with Crippen LogP contribution in [-0.2, 0) is 19.1 Å². The molecule has 0 saturated carbocycles. The minimum absolute atomic E-state index is 0.169. The van der Waals surface area contributed by atoms with E-state index in [0.717, 1.165) is 0 Å². The number of hydrogen-bond acceptors (Lipinski definition) is 6. The smallest absolute Gasteiger partial charge is 0.414 e. The van der Waals surface area contributed by atoms with Crippen LogP contribution in [-0.4, -0.2) is 49.6 Å². The molecule has 1 aliphatic heterocycles. The zero-order valence-corrected chi connectivity index (χ0v) is 17.8. The number of benzene rings is 2. The molecule has 0 aliphatic carbocycles. The number of nitrogens with one attached hydrogen (secondary N) is 2. The van der Waals surface area contributed by atoms with Crippen molar-refractivity contribution in [2.75, 3.05) is 24.5 Å². The number of hydrogen-bond donors (Lipinski definition) is 4. The molecule has 6 N–H and O–H groups in total. The highest BCUT2D eigenvalue weighted by Crippen LogP contribution is 2.30. The predicted molar refractivity (Wildman–Crippen MR) is 117 cm³/mol. The molecule has 0 spiro atoms. The number of amides is 4. The van der Waals surface area contributed by atoms with Crippen LogP contribution in [0, 0.1) is 5.82 Å². The molecule has 1 aliphatic rings. The predicted octanol–water partition coefficient (Wildman–Crippen LogP) is 0.555. The molecule has 174 valence electrons. The Balaban J connectivity index is 1.76. The Hall–Kier alpha value is -3.99. The Kier molecular flexibility index (Phi) is 7.23. The van der Waals surface area contributed by atoms with E-state index < -0.39 is 35.9 Å². The molecule has 10 nitrogen and oxygen atoms in total. The maximum absolute atomic E-state index is 14.9. The number of carbonyl (C=O) groups excluding carboxylic acids is 4. The Bertz CT molecular complexity index is 1080. The number of nitrogens with two attached hydrogens (primary N) is 2. The van der Waals surface area contributed by atoms with Gasteiger partial charge in [-0.25, -0.2) is 9.18 Å². The fourth-order valence-electron chi connectivity index (χ4n) is 3.40. The molecule has 4 amide bonds. The number of ether oxygens (including phenoxy) is 1. The van der Waals surface area contributed by atoms with E-state index in [4.69, 9.17) is 16.2 Å². The van der Waals surface area contributed by atoms with Crippen LogP contribution in [0.4, 0.5) is 14.9 Å². The highest BCUT2D eigenvalue weighted by molar-refractivity contribution is 5.90. The van der Waals surface area contributed by atoms with Crippen LogP contribution in [0.2, 0.25) is 0 Å². The molecule has 33 heavy (non-hydrogen) atoms. The SMILES string of the molecule is CC(=O)NC[C@H]1CN(c2ccc(-c3ccc([C@H](NC(=O)CN)C(N)=O)cc3)c(F)c2)C(=O)O1. The molecule has 3 rings (SSSR count). The van der Waals surface area contributed by atoms with Crippen LogP contribution in [0.25, 0.3) is 11.1 Å². The fourth-order valence-corrected chi connectivity index (χ4v) is 3.40. The number of primary amides is 1. The lowest BCUT2D eigenvalue weighted by Gasteiger charge is -2.17. The standard InChI is InChI=1S/C22H24FN5O5/c1-12(29)26-10-16-11-28(22(32)33-16)15-6-7-17(18(23)8-15)13-2-4-14(5-3-13)20(21(25)31)27-19(30)9-24/h2-8,16,20H,9-11,24H2,1H3,(H2,25,31)(H,26,29)(H,27,30)/t16-,20-/m0/s1. The van der Waals surface area contributed by atoms with E-state index in [1.807, 2.05) is 0 Å². The van der Waals surface area contributed by atoms with E-state index in [9.17, 15) is 23.6 Å². The van der Waals surface area contributed by atoms with Crippen LogP contribution < -0.4 is 27.0 Å². The maximum atomic E-state index is 14.9. The Morgan fingerprint density at radius 1 is 1.21 bits per heavy atom. The molecule has 0 bridgehead atoms. The Morgan fingerprint density at radius 3 is 2.48 bits per heavy atom. The van der Waals surface area contributed by atoms with Gasteiger partial charge in [0.15, 0.2) is 0 Å². The molecule has 0 aromatic heterocycles. The minimum atomic E-state index is -1.06. The van der Waals surface area contributed by atoms with Crippen molar-refractivity contribution in [2.24, 2.45) is 11.5 Å². The van der Waals surface area contributed by atoms with Crippen molar-refractivity contribution in [3.8, 4) is 11.1 Å². The third kappa shape index (κ3) is 5.63. The first-order valence-corrected chi connectivity index (χ1v) is 10.1. The molecule has 0 unspecified atom stereocenters. The fraction of sp³-hybridized carbons (Fsp3) is 0.273. The number of rotatable bonds is 8. The van der Waals surface area contributed by atoms with Gasteiger partial charge >= 0.3 is 6.09 Å². The molecule has 0 radical (unpaired) electrons. The average molecular weight is 457 g/mol. The van der Waals surface area contributed by atoms with Crippen LogP contribution >= 0.6 is 0 Å². The van der Waals surface area contributed by atoms with Gasteiger partial charge < -0.3 is 26.8 Å². The highest BCUT2D eigenvalue weighted by atomic mass is 19.1. The van der Waals surface area contributed by atoms with Gasteiger partial charge in [-0.15, -0.1) is 0 Å². The highest BCUT2D eigenvalue weighted by Gasteiger charge is 2.32. The second-order valence-electron chi connectivity index (χ2n) is 7.45. The quantitative estimate of drug-likeness (QED) is 0.454. The van der Waals surface area contributed by atoms with Gasteiger partial charge in [-0.1, -0.05) is 24.3 Å². The minimum Gasteiger partial charge on any atom is -0.442 e. The summed E-state index contributed by atoms with van der Waals surface area (Å²) in [5, 5.41) is 5.01. The first-order valence-electron chi connectivity index (χ1n) is 10.1. The van der Waals surface area contributed by atoms with E-state index in [2.05, 4.69) is 10.6 Å². The molecule has 1 saturated heterocycles. The summed E-state index contributed by atoms with van der Waals surface area (Å²) in [4.78, 5) is 47.7. The Morgan fingerprint density at radius 2 is 1.91 bits per heavy atom. The van der Waals surface area contributed by atoms with E-state index in [1.165, 1.54) is 24.0 Å². The molecule has 1 fully saturated rings. The average Bonchev–Trinajstić information content (AvgIpc) is 3.16. The van der Waals surface area contributed by atoms with E-state index in [0.29, 0.717) is 16.8 Å². The van der Waals surface area contributed by atoms with Crippen LogP contribution in [0.1, 0.15) is 18.5 Å². The lowest BCUT2D eigenvalue weighted by molar-refractivity contribution is -0.126. The zero-order valence-electron chi connectivity index (χ0n) is 17.8. The van der Waals surface area contributed by atoms with Crippen LogP contribution in [0.5, 0.6) is 0 Å². The Labute approximate surface area is 189 Å². The second-order valence-corrected chi connectivity index (χ2v) is 7.45. The molecular weight excluding hydrogens is 433 g/mol. The molecule has 11 heteroatoms. The van der Waals surface area contributed by atoms with Gasteiger partial charge in [0.2, 0.25) is 17.7 Å². The summed E-state index contributed by atoms with van der Waals surface area (Å²) in [6.45, 7) is 1.41. The van der Waals surface area contributed by atoms with Gasteiger partial charge in [0, 0.05) is 12.5 Å². The third-order valence-corrected chi connectivity index (χ3v) is 5.05. The monoisotopic (exact) mass is 457 g/mol. The molecule has 2 aromatic carbocycles. The van der Waals surface area contributed by atoms with Gasteiger partial charge in [0.25, 0.3) is 0 Å². The van der Waals surface area contributed by atoms with Crippen molar-refractivity contribution < 1.29 is 28.3 Å². The lowest BCUT2D eigenvalue weighted by Crippen LogP contribution is -2.40. The summed E-state index contributed by atoms with van der Waals surface area (Å²) in [6, 6.07) is 9.56. The topological polar surface area (TPSA) is 157 Å².